The Kier molecular flexibility index (Phi) is 7.99. The van der Waals surface area contributed by atoms with Crippen LogP contribution in [0, 0.1) is 5.92 Å². The highest BCUT2D eigenvalue weighted by atomic mass is 16.5. The molecule has 0 aliphatic rings. The zero-order valence-corrected chi connectivity index (χ0v) is 9.12. The van der Waals surface area contributed by atoms with Crippen LogP contribution in [0.15, 0.2) is 12.8 Å². The predicted octanol–water partition coefficient (Wildman–Crippen LogP) is 2.52. The van der Waals surface area contributed by atoms with Crippen LogP contribution < -0.4 is 0 Å². The Morgan fingerprint density at radius 3 is 2.64 bits per heavy atom. The Morgan fingerprint density at radius 1 is 1.43 bits per heavy atom. The van der Waals surface area contributed by atoms with Crippen molar-refractivity contribution in [2.75, 3.05) is 13.2 Å². The molecule has 0 bridgehead atoms. The van der Waals surface area contributed by atoms with Crippen molar-refractivity contribution in [2.45, 2.75) is 33.1 Å². The molecule has 0 aromatic carbocycles. The van der Waals surface area contributed by atoms with E-state index in [1.807, 2.05) is 13.8 Å². The van der Waals surface area contributed by atoms with Gasteiger partial charge in [0.05, 0.1) is 25.4 Å². The molecule has 0 heterocycles. The number of hydrogen-bond acceptors (Lipinski definition) is 3. The van der Waals surface area contributed by atoms with Crippen LogP contribution in [0.25, 0.3) is 0 Å². The van der Waals surface area contributed by atoms with Gasteiger partial charge in [-0.25, -0.2) is 0 Å². The Hall–Kier alpha value is -0.990. The third-order valence-electron chi connectivity index (χ3n) is 2.03. The van der Waals surface area contributed by atoms with E-state index >= 15 is 0 Å². The van der Waals surface area contributed by atoms with E-state index in [2.05, 4.69) is 6.58 Å². The number of ether oxygens (including phenoxy) is 2. The zero-order valence-electron chi connectivity index (χ0n) is 9.12. The van der Waals surface area contributed by atoms with Crippen LogP contribution in [0.3, 0.4) is 0 Å². The third kappa shape index (κ3) is 6.52. The molecule has 0 spiro atoms. The molecule has 82 valence electrons. The van der Waals surface area contributed by atoms with E-state index in [1.165, 1.54) is 6.26 Å². The van der Waals surface area contributed by atoms with Crippen LogP contribution in [-0.2, 0) is 14.3 Å². The number of esters is 1. The second-order valence-corrected chi connectivity index (χ2v) is 3.22. The highest BCUT2D eigenvalue weighted by Gasteiger charge is 2.10. The number of rotatable bonds is 8. The van der Waals surface area contributed by atoms with Gasteiger partial charge < -0.3 is 9.47 Å². The maximum atomic E-state index is 11.2. The molecule has 0 radical (unpaired) electrons. The van der Waals surface area contributed by atoms with Gasteiger partial charge >= 0.3 is 5.97 Å². The minimum atomic E-state index is -0.0999. The van der Waals surface area contributed by atoms with E-state index in [-0.39, 0.29) is 11.9 Å². The van der Waals surface area contributed by atoms with Crippen molar-refractivity contribution < 1.29 is 14.3 Å². The molecule has 0 aromatic rings. The molecule has 0 amide bonds. The molecule has 3 heteroatoms. The van der Waals surface area contributed by atoms with Gasteiger partial charge in [-0.1, -0.05) is 20.4 Å². The van der Waals surface area contributed by atoms with E-state index in [4.69, 9.17) is 9.47 Å². The van der Waals surface area contributed by atoms with Crippen molar-refractivity contribution >= 4 is 5.97 Å². The van der Waals surface area contributed by atoms with Crippen molar-refractivity contribution in [1.82, 2.24) is 0 Å². The van der Waals surface area contributed by atoms with Crippen LogP contribution in [0.2, 0.25) is 0 Å². The summed E-state index contributed by atoms with van der Waals surface area (Å²) in [6, 6.07) is 0. The minimum Gasteiger partial charge on any atom is -0.502 e. The van der Waals surface area contributed by atoms with Gasteiger partial charge in [-0.05, 0) is 19.3 Å². The fourth-order valence-corrected chi connectivity index (χ4v) is 0.852. The van der Waals surface area contributed by atoms with Crippen LogP contribution in [0.1, 0.15) is 33.1 Å². The van der Waals surface area contributed by atoms with Gasteiger partial charge in [-0.15, -0.1) is 0 Å². The quantitative estimate of drug-likeness (QED) is 0.343. The molecule has 0 saturated heterocycles. The summed E-state index contributed by atoms with van der Waals surface area (Å²) in [6.45, 7) is 8.42. The Bertz CT molecular complexity index is 166. The summed E-state index contributed by atoms with van der Waals surface area (Å²) in [4.78, 5) is 11.2. The second-order valence-electron chi connectivity index (χ2n) is 3.22. The number of carbonyl (C=O) groups is 1. The fraction of sp³-hybridized carbons (Fsp3) is 0.727. The summed E-state index contributed by atoms with van der Waals surface area (Å²) in [5.74, 6) is -0.0865. The van der Waals surface area contributed by atoms with Crippen LogP contribution in [0.4, 0.5) is 0 Å². The first-order chi connectivity index (χ1) is 6.72. The van der Waals surface area contributed by atoms with Gasteiger partial charge in [0.1, 0.15) is 0 Å². The first-order valence-corrected chi connectivity index (χ1v) is 5.11. The van der Waals surface area contributed by atoms with E-state index < -0.39 is 0 Å². The smallest absolute Gasteiger partial charge is 0.308 e. The molecule has 0 rings (SSSR count). The van der Waals surface area contributed by atoms with E-state index in [0.717, 1.165) is 19.3 Å². The number of hydrogen-bond donors (Lipinski definition) is 0. The molecular formula is C11H20O3. The standard InChI is InChI=1S/C11H20O3/c1-4-10(3)11(12)14-9-7-6-8-13-5-2/h5,10H,2,4,6-9H2,1,3H3. The molecule has 1 atom stereocenters. The van der Waals surface area contributed by atoms with Gasteiger partial charge in [-0.2, -0.15) is 0 Å². The Balaban J connectivity index is 3.27. The fourth-order valence-electron chi connectivity index (χ4n) is 0.852. The summed E-state index contributed by atoms with van der Waals surface area (Å²) in [6.07, 6.45) is 3.99. The largest absolute Gasteiger partial charge is 0.502 e. The van der Waals surface area contributed by atoms with Gasteiger partial charge in [0, 0.05) is 0 Å². The normalized spacial score (nSPS) is 11.9. The van der Waals surface area contributed by atoms with Gasteiger partial charge in [0.2, 0.25) is 0 Å². The summed E-state index contributed by atoms with van der Waals surface area (Å²) in [5.41, 5.74) is 0. The summed E-state index contributed by atoms with van der Waals surface area (Å²) < 4.78 is 9.99. The molecule has 0 aliphatic heterocycles. The van der Waals surface area contributed by atoms with Crippen molar-refractivity contribution in [3.05, 3.63) is 12.8 Å². The molecular weight excluding hydrogens is 180 g/mol. The Morgan fingerprint density at radius 2 is 2.07 bits per heavy atom. The van der Waals surface area contributed by atoms with Crippen LogP contribution in [0.5, 0.6) is 0 Å². The highest BCUT2D eigenvalue weighted by Crippen LogP contribution is 2.03. The Labute approximate surface area is 86.1 Å². The van der Waals surface area contributed by atoms with E-state index in [0.29, 0.717) is 13.2 Å². The van der Waals surface area contributed by atoms with E-state index in [1.54, 1.807) is 0 Å². The number of unbranched alkanes of at least 4 members (excludes halogenated alkanes) is 1. The molecule has 0 N–H and O–H groups in total. The lowest BCUT2D eigenvalue weighted by Crippen LogP contribution is -2.14. The third-order valence-corrected chi connectivity index (χ3v) is 2.03. The van der Waals surface area contributed by atoms with Crippen molar-refractivity contribution in [2.24, 2.45) is 5.92 Å². The molecule has 3 nitrogen and oxygen atoms in total. The average molecular weight is 200 g/mol. The monoisotopic (exact) mass is 200 g/mol. The lowest BCUT2D eigenvalue weighted by Gasteiger charge is -2.08. The van der Waals surface area contributed by atoms with Gasteiger partial charge in [-0.3, -0.25) is 4.79 Å². The van der Waals surface area contributed by atoms with E-state index in [9.17, 15) is 4.79 Å². The number of carbonyl (C=O) groups excluding carboxylic acids is 1. The first kappa shape index (κ1) is 13.0. The highest BCUT2D eigenvalue weighted by molar-refractivity contribution is 5.71. The topological polar surface area (TPSA) is 35.5 Å². The van der Waals surface area contributed by atoms with Crippen molar-refractivity contribution in [3.63, 3.8) is 0 Å². The van der Waals surface area contributed by atoms with Crippen molar-refractivity contribution in [3.8, 4) is 0 Å². The molecule has 0 aliphatic carbocycles. The first-order valence-electron chi connectivity index (χ1n) is 5.11. The lowest BCUT2D eigenvalue weighted by molar-refractivity contribution is -0.148. The predicted molar refractivity (Wildman–Crippen MR) is 55.8 cm³/mol. The molecule has 0 saturated carbocycles. The maximum Gasteiger partial charge on any atom is 0.308 e. The SMILES string of the molecule is C=COCCCCOC(=O)C(C)CC. The van der Waals surface area contributed by atoms with Crippen LogP contribution >= 0.6 is 0 Å². The van der Waals surface area contributed by atoms with Crippen LogP contribution in [-0.4, -0.2) is 19.2 Å². The molecule has 1 unspecified atom stereocenters. The zero-order chi connectivity index (χ0) is 10.8. The van der Waals surface area contributed by atoms with Crippen molar-refractivity contribution in [1.29, 1.82) is 0 Å². The molecule has 0 aromatic heterocycles. The minimum absolute atomic E-state index is 0.0134. The summed E-state index contributed by atoms with van der Waals surface area (Å²) in [5, 5.41) is 0. The summed E-state index contributed by atoms with van der Waals surface area (Å²) in [7, 11) is 0. The lowest BCUT2D eigenvalue weighted by atomic mass is 10.1. The summed E-state index contributed by atoms with van der Waals surface area (Å²) >= 11 is 0. The maximum absolute atomic E-state index is 11.2. The molecule has 0 fully saturated rings. The molecule has 14 heavy (non-hydrogen) atoms. The van der Waals surface area contributed by atoms with Gasteiger partial charge in [0.25, 0.3) is 0 Å². The average Bonchev–Trinajstić information content (AvgIpc) is 2.21. The second kappa shape index (κ2) is 8.60. The van der Waals surface area contributed by atoms with Gasteiger partial charge in [0.15, 0.2) is 0 Å².